The van der Waals surface area contributed by atoms with Crippen molar-refractivity contribution >= 4 is 16.2 Å². The molecule has 0 amide bonds. The molecule has 1 aromatic rings. The van der Waals surface area contributed by atoms with Crippen molar-refractivity contribution in [2.45, 2.75) is 0 Å². The molecule has 0 aliphatic rings. The van der Waals surface area contributed by atoms with Gasteiger partial charge in [-0.2, -0.15) is 0 Å². The van der Waals surface area contributed by atoms with Crippen molar-refractivity contribution in [2.75, 3.05) is 5.73 Å². The maximum Gasteiger partial charge on any atom is 0.204 e. The Morgan fingerprint density at radius 3 is 2.22 bits per heavy atom. The molecule has 2 nitrogen and oxygen atoms in total. The third-order valence-corrected chi connectivity index (χ3v) is 1.59. The summed E-state index contributed by atoms with van der Waals surface area (Å²) in [5, 5.41) is 0. The predicted molar refractivity (Wildman–Crippen MR) is 41.4 cm³/mol. The minimum Gasteiger partial charge on any atom is -0.553 e. The fourth-order valence-electron chi connectivity index (χ4n) is 0.604. The van der Waals surface area contributed by atoms with E-state index in [0.717, 1.165) is 21.9 Å². The van der Waals surface area contributed by atoms with Crippen molar-refractivity contribution in [1.29, 1.82) is 0 Å². The second-order valence-electron chi connectivity index (χ2n) is 1.77. The highest BCUT2D eigenvalue weighted by Crippen LogP contribution is 2.11. The molecule has 0 radical (unpaired) electrons. The van der Waals surface area contributed by atoms with Crippen LogP contribution in [0.1, 0.15) is 0 Å². The number of hydrogen-bond acceptors (Lipinski definition) is 2. The van der Waals surface area contributed by atoms with Gasteiger partial charge < -0.3 is 10.2 Å². The zero-order valence-electron chi connectivity index (χ0n) is 5.29. The van der Waals surface area contributed by atoms with Gasteiger partial charge in [0.25, 0.3) is 0 Å². The monoisotopic (exact) mass is 139 g/mol. The van der Waals surface area contributed by atoms with Crippen LogP contribution >= 0.6 is 0 Å². The smallest absolute Gasteiger partial charge is 0.204 e. The molecule has 0 aliphatic heterocycles. The van der Waals surface area contributed by atoms with Gasteiger partial charge in [-0.05, 0) is 24.3 Å². The lowest BCUT2D eigenvalue weighted by atomic mass is 10.3. The molecule has 0 unspecified atom stereocenters. The molecule has 9 heavy (non-hydrogen) atoms. The number of nitrogen functional groups attached to an aromatic ring is 1. The van der Waals surface area contributed by atoms with Crippen molar-refractivity contribution in [3.63, 3.8) is 0 Å². The van der Waals surface area contributed by atoms with Crippen LogP contribution in [0.25, 0.3) is 0 Å². The fraction of sp³-hybridized carbons (Fsp3) is 0. The average molecular weight is 139 g/mol. The fourth-order valence-corrected chi connectivity index (χ4v) is 0.876. The van der Waals surface area contributed by atoms with Gasteiger partial charge in [-0.25, -0.2) is 0 Å². The Balaban J connectivity index is 2.88. The third kappa shape index (κ3) is 1.47. The molecule has 0 saturated heterocycles. The van der Waals surface area contributed by atoms with E-state index in [1.807, 2.05) is 24.3 Å². The Morgan fingerprint density at radius 1 is 1.22 bits per heavy atom. The molecule has 3 heteroatoms. The van der Waals surface area contributed by atoms with E-state index in [4.69, 9.17) is 10.2 Å². The Bertz CT molecular complexity index is 185. The van der Waals surface area contributed by atoms with Gasteiger partial charge in [0.1, 0.15) is 5.75 Å². The minimum atomic E-state index is 0.734. The SMILES string of the molecule is Nc1ccc(O[SiH3])cc1. The highest BCUT2D eigenvalue weighted by atomic mass is 28.2. The van der Waals surface area contributed by atoms with Gasteiger partial charge in [0.15, 0.2) is 0 Å². The molecule has 48 valence electrons. The summed E-state index contributed by atoms with van der Waals surface area (Å²) < 4.78 is 5.05. The summed E-state index contributed by atoms with van der Waals surface area (Å²) in [6.45, 7) is 0. The molecular formula is C6H9NOSi. The molecule has 2 N–H and O–H groups in total. The Labute approximate surface area is 57.2 Å². The second-order valence-corrected chi connectivity index (χ2v) is 2.18. The normalized spacial score (nSPS) is 9.33. The molecule has 1 rings (SSSR count). The lowest BCUT2D eigenvalue weighted by molar-refractivity contribution is 0.616. The number of nitrogens with two attached hydrogens (primary N) is 1. The number of benzene rings is 1. The maximum absolute atomic E-state index is 5.44. The van der Waals surface area contributed by atoms with Crippen LogP contribution < -0.4 is 10.2 Å². The first-order valence-electron chi connectivity index (χ1n) is 2.72. The van der Waals surface area contributed by atoms with Gasteiger partial charge in [-0.15, -0.1) is 0 Å². The van der Waals surface area contributed by atoms with E-state index in [-0.39, 0.29) is 0 Å². The molecule has 0 saturated carbocycles. The number of hydrogen-bond donors (Lipinski definition) is 1. The highest BCUT2D eigenvalue weighted by molar-refractivity contribution is 5.99. The van der Waals surface area contributed by atoms with Crippen LogP contribution in [0.5, 0.6) is 5.75 Å². The first kappa shape index (κ1) is 6.16. The standard InChI is InChI=1S/C6H9NOSi/c7-5-1-3-6(8-9)4-2-5/h1-4H,7H2,9H3. The molecular weight excluding hydrogens is 130 g/mol. The molecule has 0 heterocycles. The van der Waals surface area contributed by atoms with Crippen LogP contribution in [0.15, 0.2) is 24.3 Å². The lowest BCUT2D eigenvalue weighted by Gasteiger charge is -1.98. The molecule has 0 spiro atoms. The van der Waals surface area contributed by atoms with Gasteiger partial charge in [-0.1, -0.05) is 0 Å². The summed E-state index contributed by atoms with van der Waals surface area (Å²) in [5.74, 6) is 0.899. The molecule has 0 aliphatic carbocycles. The van der Waals surface area contributed by atoms with Gasteiger partial charge in [0.05, 0.1) is 0 Å². The molecule has 0 fully saturated rings. The van der Waals surface area contributed by atoms with Crippen LogP contribution in [0.4, 0.5) is 5.69 Å². The van der Waals surface area contributed by atoms with E-state index >= 15 is 0 Å². The van der Waals surface area contributed by atoms with Crippen LogP contribution in [0.3, 0.4) is 0 Å². The summed E-state index contributed by atoms with van der Waals surface area (Å²) in [6, 6.07) is 7.38. The average Bonchev–Trinajstić information content (AvgIpc) is 1.90. The summed E-state index contributed by atoms with van der Waals surface area (Å²) in [5.41, 5.74) is 6.21. The predicted octanol–water partition coefficient (Wildman–Crippen LogP) is -0.0720. The van der Waals surface area contributed by atoms with Crippen LogP contribution in [0, 0.1) is 0 Å². The van der Waals surface area contributed by atoms with Gasteiger partial charge >= 0.3 is 0 Å². The van der Waals surface area contributed by atoms with Gasteiger partial charge in [0, 0.05) is 5.69 Å². The second kappa shape index (κ2) is 2.55. The first-order valence-corrected chi connectivity index (χ1v) is 3.54. The number of anilines is 1. The van der Waals surface area contributed by atoms with Crippen molar-refractivity contribution in [1.82, 2.24) is 0 Å². The largest absolute Gasteiger partial charge is 0.553 e. The highest BCUT2D eigenvalue weighted by Gasteiger charge is 1.85. The summed E-state index contributed by atoms with van der Waals surface area (Å²) in [4.78, 5) is 0. The lowest BCUT2D eigenvalue weighted by Crippen LogP contribution is -1.86. The van der Waals surface area contributed by atoms with E-state index in [1.165, 1.54) is 0 Å². The van der Waals surface area contributed by atoms with Crippen LogP contribution in [-0.2, 0) is 0 Å². The summed E-state index contributed by atoms with van der Waals surface area (Å²) >= 11 is 0. The van der Waals surface area contributed by atoms with E-state index in [9.17, 15) is 0 Å². The van der Waals surface area contributed by atoms with E-state index < -0.39 is 0 Å². The van der Waals surface area contributed by atoms with E-state index in [2.05, 4.69) is 0 Å². The maximum atomic E-state index is 5.44. The topological polar surface area (TPSA) is 35.2 Å². The molecule has 0 aromatic heterocycles. The molecule has 1 aromatic carbocycles. The first-order chi connectivity index (χ1) is 4.33. The Kier molecular flexibility index (Phi) is 1.74. The summed E-state index contributed by atoms with van der Waals surface area (Å²) in [6.07, 6.45) is 0. The van der Waals surface area contributed by atoms with E-state index in [1.54, 1.807) is 0 Å². The van der Waals surface area contributed by atoms with Crippen molar-refractivity contribution in [3.8, 4) is 5.75 Å². The van der Waals surface area contributed by atoms with Crippen molar-refractivity contribution < 1.29 is 4.43 Å². The zero-order chi connectivity index (χ0) is 6.69. The minimum absolute atomic E-state index is 0.734. The van der Waals surface area contributed by atoms with Crippen molar-refractivity contribution in [2.24, 2.45) is 0 Å². The van der Waals surface area contributed by atoms with Crippen LogP contribution in [-0.4, -0.2) is 10.5 Å². The molecule has 0 atom stereocenters. The summed E-state index contributed by atoms with van der Waals surface area (Å²) in [7, 11) is 0.734. The zero-order valence-corrected chi connectivity index (χ0v) is 7.29. The number of rotatable bonds is 1. The van der Waals surface area contributed by atoms with Gasteiger partial charge in [-0.3, -0.25) is 0 Å². The van der Waals surface area contributed by atoms with Crippen LogP contribution in [0.2, 0.25) is 0 Å². The quantitative estimate of drug-likeness (QED) is 0.436. The molecule has 0 bridgehead atoms. The Morgan fingerprint density at radius 2 is 1.78 bits per heavy atom. The van der Waals surface area contributed by atoms with Crippen molar-refractivity contribution in [3.05, 3.63) is 24.3 Å². The van der Waals surface area contributed by atoms with Gasteiger partial charge in [0.2, 0.25) is 10.5 Å². The Hall–Kier alpha value is -0.963. The third-order valence-electron chi connectivity index (χ3n) is 1.12. The van der Waals surface area contributed by atoms with E-state index in [0.29, 0.717) is 0 Å².